The lowest BCUT2D eigenvalue weighted by molar-refractivity contribution is 0.0340. The fraction of sp³-hybridized carbons (Fsp3) is 0.625. The maximum absolute atomic E-state index is 9.85. The van der Waals surface area contributed by atoms with Crippen LogP contribution in [0.3, 0.4) is 0 Å². The minimum Gasteiger partial charge on any atom is -0.504 e. The van der Waals surface area contributed by atoms with Crippen molar-refractivity contribution in [2.75, 3.05) is 39.9 Å². The van der Waals surface area contributed by atoms with Crippen LogP contribution in [0.2, 0.25) is 0 Å². The van der Waals surface area contributed by atoms with E-state index in [1.165, 1.54) is 0 Å². The molecule has 0 bridgehead atoms. The Morgan fingerprint density at radius 3 is 2.76 bits per heavy atom. The van der Waals surface area contributed by atoms with E-state index in [0.717, 1.165) is 25.2 Å². The van der Waals surface area contributed by atoms with Crippen LogP contribution < -0.4 is 4.74 Å². The van der Waals surface area contributed by atoms with Crippen LogP contribution in [0.5, 0.6) is 11.5 Å². The molecule has 2 rings (SSSR count). The van der Waals surface area contributed by atoms with Crippen molar-refractivity contribution in [1.29, 1.82) is 0 Å². The van der Waals surface area contributed by atoms with Crippen LogP contribution in [0.15, 0.2) is 18.2 Å². The summed E-state index contributed by atoms with van der Waals surface area (Å²) in [5.41, 5.74) is 0.982. The molecule has 0 saturated carbocycles. The Morgan fingerprint density at radius 2 is 2.14 bits per heavy atom. The number of phenols is 1. The molecule has 0 aliphatic carbocycles. The van der Waals surface area contributed by atoms with Gasteiger partial charge in [0.05, 0.1) is 19.3 Å². The zero-order valence-corrected chi connectivity index (χ0v) is 13.1. The van der Waals surface area contributed by atoms with Crippen LogP contribution >= 0.6 is 0 Å². The molecule has 1 aromatic rings. The Bertz CT molecular complexity index is 467. The van der Waals surface area contributed by atoms with Gasteiger partial charge in [-0.15, -0.1) is 0 Å². The maximum Gasteiger partial charge on any atom is 0.161 e. The number of benzene rings is 1. The van der Waals surface area contributed by atoms with Gasteiger partial charge < -0.3 is 19.8 Å². The highest BCUT2D eigenvalue weighted by atomic mass is 16.5. The normalized spacial score (nSPS) is 22.2. The smallest absolute Gasteiger partial charge is 0.161 e. The Kier molecular flexibility index (Phi) is 5.45. The number of aromatic hydroxyl groups is 1. The highest BCUT2D eigenvalue weighted by molar-refractivity contribution is 5.43. The number of ether oxygens (including phenoxy) is 1. The number of likely N-dealkylation sites (N-methyl/N-ethyl adjacent to an activating group) is 1. The third-order valence-electron chi connectivity index (χ3n) is 4.12. The molecule has 2 N–H and O–H groups in total. The van der Waals surface area contributed by atoms with Crippen molar-refractivity contribution in [3.63, 3.8) is 0 Å². The number of hydrogen-bond donors (Lipinski definition) is 2. The molecule has 118 valence electrons. The van der Waals surface area contributed by atoms with Gasteiger partial charge in [-0.3, -0.25) is 4.90 Å². The lowest BCUT2D eigenvalue weighted by Crippen LogP contribution is -2.52. The van der Waals surface area contributed by atoms with Crippen molar-refractivity contribution >= 4 is 0 Å². The molecule has 21 heavy (non-hydrogen) atoms. The number of hydrogen-bond acceptors (Lipinski definition) is 5. The molecule has 0 spiro atoms. The molecule has 0 radical (unpaired) electrons. The standard InChI is InChI=1S/C16H26N2O3/c1-4-21-16-9-13(5-6-15(16)20)14(11-19)18-8-7-17(3)10-12(18)2/h5-6,9,12,14,19-20H,4,7-8,10-11H2,1-3H3. The average Bonchev–Trinajstić information content (AvgIpc) is 2.45. The maximum atomic E-state index is 9.85. The van der Waals surface area contributed by atoms with Gasteiger partial charge in [0.15, 0.2) is 11.5 Å². The molecule has 1 aliphatic rings. The first kappa shape index (κ1) is 16.1. The molecular formula is C16H26N2O3. The van der Waals surface area contributed by atoms with Gasteiger partial charge in [0.1, 0.15) is 0 Å². The summed E-state index contributed by atoms with van der Waals surface area (Å²) in [5.74, 6) is 0.624. The van der Waals surface area contributed by atoms with Crippen LogP contribution in [0.25, 0.3) is 0 Å². The zero-order valence-electron chi connectivity index (χ0n) is 13.1. The molecule has 0 amide bonds. The fourth-order valence-corrected chi connectivity index (χ4v) is 3.03. The van der Waals surface area contributed by atoms with E-state index in [1.807, 2.05) is 19.1 Å². The van der Waals surface area contributed by atoms with Gasteiger partial charge >= 0.3 is 0 Å². The fourth-order valence-electron chi connectivity index (χ4n) is 3.03. The van der Waals surface area contributed by atoms with Crippen LogP contribution in [0, 0.1) is 0 Å². The Labute approximate surface area is 126 Å². The molecule has 5 heteroatoms. The van der Waals surface area contributed by atoms with Crippen molar-refractivity contribution < 1.29 is 14.9 Å². The summed E-state index contributed by atoms with van der Waals surface area (Å²) < 4.78 is 5.44. The number of aliphatic hydroxyl groups is 1. The largest absolute Gasteiger partial charge is 0.504 e. The van der Waals surface area contributed by atoms with Gasteiger partial charge in [0.2, 0.25) is 0 Å². The first-order chi connectivity index (χ1) is 10.1. The van der Waals surface area contributed by atoms with Crippen molar-refractivity contribution in [3.8, 4) is 11.5 Å². The van der Waals surface area contributed by atoms with Crippen molar-refractivity contribution in [2.45, 2.75) is 25.9 Å². The lowest BCUT2D eigenvalue weighted by Gasteiger charge is -2.42. The number of phenolic OH excluding ortho intramolecular Hbond substituents is 1. The van der Waals surface area contributed by atoms with E-state index in [1.54, 1.807) is 6.07 Å². The second-order valence-corrected chi connectivity index (χ2v) is 5.71. The van der Waals surface area contributed by atoms with Gasteiger partial charge in [-0.1, -0.05) is 6.07 Å². The molecule has 1 saturated heterocycles. The first-order valence-corrected chi connectivity index (χ1v) is 7.57. The van der Waals surface area contributed by atoms with Crippen molar-refractivity contribution in [1.82, 2.24) is 9.80 Å². The molecule has 1 aliphatic heterocycles. The summed E-state index contributed by atoms with van der Waals surface area (Å²) in [4.78, 5) is 4.63. The summed E-state index contributed by atoms with van der Waals surface area (Å²) in [5, 5.41) is 19.7. The molecule has 0 aromatic heterocycles. The predicted octanol–water partition coefficient (Wildman–Crippen LogP) is 1.46. The summed E-state index contributed by atoms with van der Waals surface area (Å²) in [6.07, 6.45) is 0. The molecule has 1 aromatic carbocycles. The van der Waals surface area contributed by atoms with E-state index >= 15 is 0 Å². The second-order valence-electron chi connectivity index (χ2n) is 5.71. The minimum absolute atomic E-state index is 0.0599. The summed E-state index contributed by atoms with van der Waals surface area (Å²) in [6.45, 7) is 7.55. The van der Waals surface area contributed by atoms with Gasteiger partial charge in [-0.05, 0) is 38.6 Å². The van der Waals surface area contributed by atoms with E-state index < -0.39 is 0 Å². The third-order valence-corrected chi connectivity index (χ3v) is 4.12. The van der Waals surface area contributed by atoms with Crippen LogP contribution in [0.4, 0.5) is 0 Å². The zero-order chi connectivity index (χ0) is 15.4. The highest BCUT2D eigenvalue weighted by Crippen LogP contribution is 2.32. The Balaban J connectivity index is 2.22. The van der Waals surface area contributed by atoms with E-state index in [9.17, 15) is 10.2 Å². The molecule has 1 fully saturated rings. The SMILES string of the molecule is CCOc1cc(C(CO)N2CCN(C)CC2C)ccc1O. The Hall–Kier alpha value is -1.30. The topological polar surface area (TPSA) is 56.2 Å². The minimum atomic E-state index is -0.0616. The molecule has 1 heterocycles. The number of rotatable bonds is 5. The summed E-state index contributed by atoms with van der Waals surface area (Å²) in [6, 6.07) is 5.66. The third kappa shape index (κ3) is 3.67. The van der Waals surface area contributed by atoms with Gasteiger partial charge in [-0.2, -0.15) is 0 Å². The number of nitrogens with zero attached hydrogens (tertiary/aromatic N) is 2. The highest BCUT2D eigenvalue weighted by Gasteiger charge is 2.29. The second kappa shape index (κ2) is 7.11. The van der Waals surface area contributed by atoms with E-state index in [4.69, 9.17) is 4.74 Å². The lowest BCUT2D eigenvalue weighted by atomic mass is 10.0. The summed E-state index contributed by atoms with van der Waals surface area (Å²) >= 11 is 0. The van der Waals surface area contributed by atoms with Crippen molar-refractivity contribution in [2.24, 2.45) is 0 Å². The van der Waals surface area contributed by atoms with E-state index in [2.05, 4.69) is 23.8 Å². The molecule has 5 nitrogen and oxygen atoms in total. The first-order valence-electron chi connectivity index (χ1n) is 7.57. The Morgan fingerprint density at radius 1 is 1.38 bits per heavy atom. The van der Waals surface area contributed by atoms with Gasteiger partial charge in [-0.25, -0.2) is 0 Å². The summed E-state index contributed by atoms with van der Waals surface area (Å²) in [7, 11) is 2.12. The van der Waals surface area contributed by atoms with Crippen molar-refractivity contribution in [3.05, 3.63) is 23.8 Å². The van der Waals surface area contributed by atoms with Crippen LogP contribution in [-0.4, -0.2) is 66.0 Å². The molecular weight excluding hydrogens is 268 g/mol. The quantitative estimate of drug-likeness (QED) is 0.861. The number of aliphatic hydroxyl groups excluding tert-OH is 1. The number of piperazine rings is 1. The van der Waals surface area contributed by atoms with Gasteiger partial charge in [0, 0.05) is 25.7 Å². The molecule has 2 atom stereocenters. The van der Waals surface area contributed by atoms with Gasteiger partial charge in [0.25, 0.3) is 0 Å². The molecule has 2 unspecified atom stereocenters. The van der Waals surface area contributed by atoms with E-state index in [0.29, 0.717) is 18.4 Å². The van der Waals surface area contributed by atoms with E-state index in [-0.39, 0.29) is 18.4 Å². The predicted molar refractivity (Wildman–Crippen MR) is 82.8 cm³/mol. The van der Waals surface area contributed by atoms with Crippen LogP contribution in [-0.2, 0) is 0 Å². The van der Waals surface area contributed by atoms with Crippen LogP contribution in [0.1, 0.15) is 25.5 Å². The average molecular weight is 294 g/mol. The monoisotopic (exact) mass is 294 g/mol.